The number of amides is 1. The number of rotatable bonds is 3. The topological polar surface area (TPSA) is 55.1 Å². The predicted octanol–water partition coefficient (Wildman–Crippen LogP) is 4.57. The summed E-state index contributed by atoms with van der Waals surface area (Å²) in [4.78, 5) is 12.7. The summed E-state index contributed by atoms with van der Waals surface area (Å²) < 4.78 is 1.05. The maximum Gasteiger partial charge on any atom is 0.252 e. The molecule has 2 aromatic carbocycles. The fourth-order valence-electron chi connectivity index (χ4n) is 2.95. The van der Waals surface area contributed by atoms with E-state index in [9.17, 15) is 4.79 Å². The van der Waals surface area contributed by atoms with Crippen LogP contribution in [0.25, 0.3) is 0 Å². The maximum atomic E-state index is 12.7. The monoisotopic (exact) mass is 394 g/mol. The molecule has 23 heavy (non-hydrogen) atoms. The summed E-state index contributed by atoms with van der Waals surface area (Å²) >= 11 is 3.46. The molecule has 1 aliphatic rings. The Balaban J connectivity index is 0.00000192. The van der Waals surface area contributed by atoms with Gasteiger partial charge in [0, 0.05) is 15.7 Å². The van der Waals surface area contributed by atoms with Gasteiger partial charge in [-0.15, -0.1) is 12.4 Å². The standard InChI is InChI=1S/C18H19BrN2O.ClH/c1-12-3-8-15(20)11-16(12)17(22)21-18(9-2-10-18)13-4-6-14(19)7-5-13;/h3-8,11H,2,9-10,20H2,1H3,(H,21,22);1H. The SMILES string of the molecule is Cc1ccc(N)cc1C(=O)NC1(c2ccc(Br)cc2)CCC1.Cl. The van der Waals surface area contributed by atoms with Crippen molar-refractivity contribution in [3.63, 3.8) is 0 Å². The number of nitrogen functional groups attached to an aromatic ring is 1. The van der Waals surface area contributed by atoms with E-state index in [1.54, 1.807) is 6.07 Å². The molecule has 1 saturated carbocycles. The summed E-state index contributed by atoms with van der Waals surface area (Å²) in [7, 11) is 0. The summed E-state index contributed by atoms with van der Waals surface area (Å²) in [5.41, 5.74) is 8.95. The zero-order chi connectivity index (χ0) is 15.7. The van der Waals surface area contributed by atoms with Gasteiger partial charge in [-0.3, -0.25) is 4.79 Å². The highest BCUT2D eigenvalue weighted by Crippen LogP contribution is 2.41. The van der Waals surface area contributed by atoms with Crippen LogP contribution in [0.2, 0.25) is 0 Å². The van der Waals surface area contributed by atoms with Gasteiger partial charge in [-0.25, -0.2) is 0 Å². The van der Waals surface area contributed by atoms with Crippen molar-refractivity contribution >= 4 is 39.9 Å². The first-order valence-corrected chi connectivity index (χ1v) is 8.24. The molecule has 5 heteroatoms. The van der Waals surface area contributed by atoms with E-state index in [-0.39, 0.29) is 23.9 Å². The summed E-state index contributed by atoms with van der Waals surface area (Å²) in [5, 5.41) is 3.24. The van der Waals surface area contributed by atoms with E-state index >= 15 is 0 Å². The molecule has 0 bridgehead atoms. The summed E-state index contributed by atoms with van der Waals surface area (Å²) in [5.74, 6) is -0.0487. The summed E-state index contributed by atoms with van der Waals surface area (Å²) in [6.07, 6.45) is 3.08. The molecule has 1 fully saturated rings. The minimum Gasteiger partial charge on any atom is -0.399 e. The Bertz CT molecular complexity index is 711. The Hall–Kier alpha value is -1.52. The fourth-order valence-corrected chi connectivity index (χ4v) is 3.22. The van der Waals surface area contributed by atoms with E-state index in [1.807, 2.05) is 31.2 Å². The van der Waals surface area contributed by atoms with E-state index in [0.29, 0.717) is 11.3 Å². The highest BCUT2D eigenvalue weighted by Gasteiger charge is 2.40. The molecule has 3 rings (SSSR count). The van der Waals surface area contributed by atoms with Gasteiger partial charge in [0.1, 0.15) is 0 Å². The largest absolute Gasteiger partial charge is 0.399 e. The molecule has 0 unspecified atom stereocenters. The molecule has 0 radical (unpaired) electrons. The van der Waals surface area contributed by atoms with E-state index < -0.39 is 0 Å². The van der Waals surface area contributed by atoms with Crippen LogP contribution in [0, 0.1) is 6.92 Å². The Morgan fingerprint density at radius 1 is 1.17 bits per heavy atom. The molecule has 0 aromatic heterocycles. The van der Waals surface area contributed by atoms with Gasteiger partial charge < -0.3 is 11.1 Å². The fraction of sp³-hybridized carbons (Fsp3) is 0.278. The molecule has 2 aromatic rings. The van der Waals surface area contributed by atoms with Crippen LogP contribution in [0.3, 0.4) is 0 Å². The third-order valence-electron chi connectivity index (χ3n) is 4.46. The van der Waals surface area contributed by atoms with Gasteiger partial charge in [0.2, 0.25) is 0 Å². The number of carbonyl (C=O) groups excluding carboxylic acids is 1. The second-order valence-corrected chi connectivity index (χ2v) is 6.89. The molecule has 1 aliphatic carbocycles. The second-order valence-electron chi connectivity index (χ2n) is 5.97. The van der Waals surface area contributed by atoms with Crippen LogP contribution in [-0.4, -0.2) is 5.91 Å². The number of hydrogen-bond acceptors (Lipinski definition) is 2. The number of benzene rings is 2. The second kappa shape index (κ2) is 6.93. The molecule has 1 amide bonds. The third kappa shape index (κ3) is 3.54. The molecule has 0 saturated heterocycles. The summed E-state index contributed by atoms with van der Waals surface area (Å²) in [6.45, 7) is 1.93. The molecule has 0 spiro atoms. The third-order valence-corrected chi connectivity index (χ3v) is 4.99. The van der Waals surface area contributed by atoms with Crippen molar-refractivity contribution in [2.24, 2.45) is 0 Å². The lowest BCUT2D eigenvalue weighted by Gasteiger charge is -2.43. The van der Waals surface area contributed by atoms with Crippen LogP contribution in [0.1, 0.15) is 40.7 Å². The normalized spacial score (nSPS) is 15.2. The number of nitrogens with two attached hydrogens (primary N) is 1. The first-order valence-electron chi connectivity index (χ1n) is 7.45. The molecule has 122 valence electrons. The number of carbonyl (C=O) groups is 1. The molecule has 0 atom stereocenters. The van der Waals surface area contributed by atoms with E-state index in [0.717, 1.165) is 34.9 Å². The maximum absolute atomic E-state index is 12.7. The average molecular weight is 396 g/mol. The lowest BCUT2D eigenvalue weighted by molar-refractivity contribution is 0.0822. The molecular formula is C18H20BrClN2O. The van der Waals surface area contributed by atoms with Gasteiger partial charge in [0.25, 0.3) is 5.91 Å². The van der Waals surface area contributed by atoms with E-state index in [4.69, 9.17) is 5.73 Å². The number of halogens is 2. The smallest absolute Gasteiger partial charge is 0.252 e. The zero-order valence-electron chi connectivity index (χ0n) is 12.9. The van der Waals surface area contributed by atoms with Crippen LogP contribution in [-0.2, 0) is 5.54 Å². The van der Waals surface area contributed by atoms with Crippen molar-refractivity contribution in [1.29, 1.82) is 0 Å². The van der Waals surface area contributed by atoms with Gasteiger partial charge >= 0.3 is 0 Å². The zero-order valence-corrected chi connectivity index (χ0v) is 15.3. The first kappa shape index (κ1) is 17.8. The van der Waals surface area contributed by atoms with E-state index in [2.05, 4.69) is 33.4 Å². The van der Waals surface area contributed by atoms with Crippen molar-refractivity contribution in [2.75, 3.05) is 5.73 Å². The van der Waals surface area contributed by atoms with Crippen molar-refractivity contribution in [3.05, 3.63) is 63.6 Å². The lowest BCUT2D eigenvalue weighted by Crippen LogP contribution is -2.50. The van der Waals surface area contributed by atoms with Crippen LogP contribution < -0.4 is 11.1 Å². The Morgan fingerprint density at radius 2 is 1.83 bits per heavy atom. The minimum absolute atomic E-state index is 0. The van der Waals surface area contributed by atoms with Crippen LogP contribution in [0.15, 0.2) is 46.9 Å². The van der Waals surface area contributed by atoms with Crippen molar-refractivity contribution in [2.45, 2.75) is 31.7 Å². The van der Waals surface area contributed by atoms with Gasteiger partial charge in [0.15, 0.2) is 0 Å². The number of nitrogens with one attached hydrogen (secondary N) is 1. The minimum atomic E-state index is -0.241. The van der Waals surface area contributed by atoms with Gasteiger partial charge in [-0.1, -0.05) is 34.1 Å². The lowest BCUT2D eigenvalue weighted by atomic mass is 9.71. The quantitative estimate of drug-likeness (QED) is 0.748. The average Bonchev–Trinajstić information content (AvgIpc) is 2.46. The van der Waals surface area contributed by atoms with Gasteiger partial charge in [-0.2, -0.15) is 0 Å². The first-order chi connectivity index (χ1) is 10.5. The number of hydrogen-bond donors (Lipinski definition) is 2. The molecule has 0 aliphatic heterocycles. The van der Waals surface area contributed by atoms with Gasteiger partial charge in [0.05, 0.1) is 5.54 Å². The summed E-state index contributed by atoms with van der Waals surface area (Å²) in [6, 6.07) is 13.7. The van der Waals surface area contributed by atoms with Crippen molar-refractivity contribution in [3.8, 4) is 0 Å². The van der Waals surface area contributed by atoms with Gasteiger partial charge in [-0.05, 0) is 61.6 Å². The van der Waals surface area contributed by atoms with E-state index in [1.165, 1.54) is 0 Å². The van der Waals surface area contributed by atoms with Crippen LogP contribution in [0.5, 0.6) is 0 Å². The van der Waals surface area contributed by atoms with Crippen LogP contribution >= 0.6 is 28.3 Å². The van der Waals surface area contributed by atoms with Crippen LogP contribution in [0.4, 0.5) is 5.69 Å². The Morgan fingerprint density at radius 3 is 2.39 bits per heavy atom. The van der Waals surface area contributed by atoms with Crippen molar-refractivity contribution < 1.29 is 4.79 Å². The number of aryl methyl sites for hydroxylation is 1. The molecule has 3 N–H and O–H groups in total. The molecule has 3 nitrogen and oxygen atoms in total. The highest BCUT2D eigenvalue weighted by molar-refractivity contribution is 9.10. The molecular weight excluding hydrogens is 376 g/mol. The Labute approximate surface area is 151 Å². The number of anilines is 1. The predicted molar refractivity (Wildman–Crippen MR) is 100.0 cm³/mol. The molecule has 0 heterocycles. The highest BCUT2D eigenvalue weighted by atomic mass is 79.9. The Kier molecular flexibility index (Phi) is 5.37. The van der Waals surface area contributed by atoms with Crippen molar-refractivity contribution in [1.82, 2.24) is 5.32 Å².